The normalized spacial score (nSPS) is 14.5. The van der Waals surface area contributed by atoms with E-state index in [9.17, 15) is 18.8 Å². The molecule has 4 aromatic rings. The first-order chi connectivity index (χ1) is 19.4. The van der Waals surface area contributed by atoms with Gasteiger partial charge < -0.3 is 14.0 Å². The number of barbiturate groups is 1. The van der Waals surface area contributed by atoms with Gasteiger partial charge in [-0.15, -0.1) is 6.58 Å². The lowest BCUT2D eigenvalue weighted by Crippen LogP contribution is -2.54. The molecular weight excluding hydrogens is 513 g/mol. The number of hydrogen-bond acceptors (Lipinski definition) is 5. The number of halogens is 1. The van der Waals surface area contributed by atoms with Crippen LogP contribution in [0.2, 0.25) is 0 Å². The minimum absolute atomic E-state index is 0.148. The number of anilines is 1. The molecule has 1 saturated heterocycles. The Morgan fingerprint density at radius 2 is 1.77 bits per heavy atom. The zero-order valence-electron chi connectivity index (χ0n) is 21.7. The minimum atomic E-state index is -0.897. The molecule has 2 heterocycles. The number of urea groups is 1. The van der Waals surface area contributed by atoms with Crippen LogP contribution in [-0.2, 0) is 22.6 Å². The van der Waals surface area contributed by atoms with Crippen LogP contribution in [0.4, 0.5) is 14.9 Å². The molecular formula is C31H26FN3O5. The summed E-state index contributed by atoms with van der Waals surface area (Å²) in [6.07, 6.45) is 5.83. The predicted molar refractivity (Wildman–Crippen MR) is 150 cm³/mol. The van der Waals surface area contributed by atoms with Crippen molar-refractivity contribution in [3.63, 3.8) is 0 Å². The number of imide groups is 2. The topological polar surface area (TPSA) is 89.9 Å². The second-order valence-electron chi connectivity index (χ2n) is 9.06. The van der Waals surface area contributed by atoms with Gasteiger partial charge in [0.25, 0.3) is 11.8 Å². The molecule has 4 amide bonds. The standard InChI is InChI=1S/C31H26FN3O5/c1-3-6-20-9-14-27(28(17-20)39-2)40-16-15-34-19-21(24-7-4-5-8-26(24)34)18-25-29(36)33-31(38)35(30(25)37)23-12-10-22(32)11-13-23/h3-5,7-14,17-19H,1,6,15-16H2,2H3,(H,33,36,38). The largest absolute Gasteiger partial charge is 0.493 e. The lowest BCUT2D eigenvalue weighted by molar-refractivity contribution is -0.122. The highest BCUT2D eigenvalue weighted by Crippen LogP contribution is 2.30. The maximum atomic E-state index is 13.4. The Morgan fingerprint density at radius 3 is 2.52 bits per heavy atom. The fourth-order valence-corrected chi connectivity index (χ4v) is 4.59. The summed E-state index contributed by atoms with van der Waals surface area (Å²) in [5.74, 6) is -0.873. The smallest absolute Gasteiger partial charge is 0.335 e. The molecule has 0 atom stereocenters. The molecule has 8 nitrogen and oxygen atoms in total. The second kappa shape index (κ2) is 11.3. The van der Waals surface area contributed by atoms with Gasteiger partial charge in [-0.05, 0) is 60.5 Å². The van der Waals surface area contributed by atoms with Crippen molar-refractivity contribution in [3.05, 3.63) is 108 Å². The van der Waals surface area contributed by atoms with E-state index in [0.29, 0.717) is 30.2 Å². The SMILES string of the molecule is C=CCc1ccc(OCCn2cc(C=C3C(=O)NC(=O)N(c4ccc(F)cc4)C3=O)c3ccccc32)c(OC)c1. The van der Waals surface area contributed by atoms with E-state index in [1.807, 2.05) is 59.3 Å². The summed E-state index contributed by atoms with van der Waals surface area (Å²) < 4.78 is 26.9. The molecule has 1 N–H and O–H groups in total. The van der Waals surface area contributed by atoms with Crippen LogP contribution in [0.1, 0.15) is 11.1 Å². The lowest BCUT2D eigenvalue weighted by atomic mass is 10.1. The molecule has 0 radical (unpaired) electrons. The van der Waals surface area contributed by atoms with Crippen molar-refractivity contribution in [2.45, 2.75) is 13.0 Å². The van der Waals surface area contributed by atoms with E-state index >= 15 is 0 Å². The Labute approximate surface area is 229 Å². The first-order valence-corrected chi connectivity index (χ1v) is 12.5. The number of fused-ring (bicyclic) bond motifs is 1. The van der Waals surface area contributed by atoms with Gasteiger partial charge in [0.15, 0.2) is 11.5 Å². The van der Waals surface area contributed by atoms with Gasteiger partial charge >= 0.3 is 6.03 Å². The number of methoxy groups -OCH3 is 1. The van der Waals surface area contributed by atoms with Crippen LogP contribution in [-0.4, -0.2) is 36.1 Å². The van der Waals surface area contributed by atoms with Crippen molar-refractivity contribution in [1.29, 1.82) is 0 Å². The molecule has 0 aliphatic carbocycles. The van der Waals surface area contributed by atoms with Crippen LogP contribution >= 0.6 is 0 Å². The highest BCUT2D eigenvalue weighted by atomic mass is 19.1. The van der Waals surface area contributed by atoms with Gasteiger partial charge in [-0.1, -0.05) is 30.3 Å². The monoisotopic (exact) mass is 539 g/mol. The first kappa shape index (κ1) is 26.4. The molecule has 0 spiro atoms. The Hall–Kier alpha value is -5.18. The van der Waals surface area contributed by atoms with E-state index < -0.39 is 23.7 Å². The molecule has 1 aliphatic rings. The van der Waals surface area contributed by atoms with Crippen molar-refractivity contribution in [2.75, 3.05) is 18.6 Å². The highest BCUT2D eigenvalue weighted by molar-refractivity contribution is 6.39. The van der Waals surface area contributed by atoms with Crippen LogP contribution in [0.25, 0.3) is 17.0 Å². The number of nitrogens with one attached hydrogen (secondary N) is 1. The van der Waals surface area contributed by atoms with Crippen LogP contribution in [0.5, 0.6) is 11.5 Å². The quantitative estimate of drug-likeness (QED) is 0.178. The number of aromatic nitrogens is 1. The van der Waals surface area contributed by atoms with Crippen molar-refractivity contribution in [3.8, 4) is 11.5 Å². The van der Waals surface area contributed by atoms with Gasteiger partial charge in [0.05, 0.1) is 19.3 Å². The van der Waals surface area contributed by atoms with Crippen molar-refractivity contribution in [1.82, 2.24) is 9.88 Å². The molecule has 3 aromatic carbocycles. The average molecular weight is 540 g/mol. The third kappa shape index (κ3) is 5.22. The molecule has 1 fully saturated rings. The van der Waals surface area contributed by atoms with Gasteiger partial charge in [0.1, 0.15) is 18.0 Å². The number of para-hydroxylation sites is 1. The summed E-state index contributed by atoms with van der Waals surface area (Å²) in [5, 5.41) is 3.01. The fraction of sp³-hybridized carbons (Fsp3) is 0.129. The Bertz CT molecular complexity index is 1660. The molecule has 5 rings (SSSR count). The van der Waals surface area contributed by atoms with E-state index in [1.165, 1.54) is 18.2 Å². The molecule has 1 aromatic heterocycles. The number of benzene rings is 3. The number of ether oxygens (including phenoxy) is 2. The molecule has 0 bridgehead atoms. The van der Waals surface area contributed by atoms with E-state index in [1.54, 1.807) is 7.11 Å². The van der Waals surface area contributed by atoms with Gasteiger partial charge in [0.2, 0.25) is 0 Å². The first-order valence-electron chi connectivity index (χ1n) is 12.5. The van der Waals surface area contributed by atoms with E-state index in [-0.39, 0.29) is 11.3 Å². The maximum absolute atomic E-state index is 13.4. The molecule has 1 aliphatic heterocycles. The zero-order chi connectivity index (χ0) is 28.2. The van der Waals surface area contributed by atoms with Gasteiger partial charge in [-0.3, -0.25) is 14.9 Å². The third-order valence-electron chi connectivity index (χ3n) is 6.50. The minimum Gasteiger partial charge on any atom is -0.493 e. The van der Waals surface area contributed by atoms with E-state index in [2.05, 4.69) is 11.9 Å². The Morgan fingerprint density at radius 1 is 1.00 bits per heavy atom. The predicted octanol–water partition coefficient (Wildman–Crippen LogP) is 5.26. The van der Waals surface area contributed by atoms with Crippen molar-refractivity contribution in [2.24, 2.45) is 0 Å². The number of amides is 4. The number of hydrogen-bond donors (Lipinski definition) is 1. The molecule has 0 unspecified atom stereocenters. The molecule has 202 valence electrons. The highest BCUT2D eigenvalue weighted by Gasteiger charge is 2.37. The number of carbonyl (C=O) groups excluding carboxylic acids is 3. The van der Waals surface area contributed by atoms with Gasteiger partial charge in [-0.25, -0.2) is 14.1 Å². The van der Waals surface area contributed by atoms with Gasteiger partial charge in [0, 0.05) is 22.7 Å². The summed E-state index contributed by atoms with van der Waals surface area (Å²) >= 11 is 0. The van der Waals surface area contributed by atoms with Crippen molar-refractivity contribution >= 4 is 40.5 Å². The average Bonchev–Trinajstić information content (AvgIpc) is 3.30. The molecule has 9 heteroatoms. The van der Waals surface area contributed by atoms with Gasteiger partial charge in [-0.2, -0.15) is 0 Å². The fourth-order valence-electron chi connectivity index (χ4n) is 4.59. The van der Waals surface area contributed by atoms with Crippen LogP contribution < -0.4 is 19.7 Å². The van der Waals surface area contributed by atoms with Crippen LogP contribution in [0.15, 0.2) is 91.2 Å². The second-order valence-corrected chi connectivity index (χ2v) is 9.06. The summed E-state index contributed by atoms with van der Waals surface area (Å²) in [5.41, 5.74) is 2.49. The number of carbonyl (C=O) groups is 3. The number of allylic oxidation sites excluding steroid dienone is 1. The van der Waals surface area contributed by atoms with E-state index in [0.717, 1.165) is 39.9 Å². The van der Waals surface area contributed by atoms with Crippen LogP contribution in [0.3, 0.4) is 0 Å². The number of nitrogens with zero attached hydrogens (tertiary/aromatic N) is 2. The summed E-state index contributed by atoms with van der Waals surface area (Å²) in [7, 11) is 1.59. The summed E-state index contributed by atoms with van der Waals surface area (Å²) in [4.78, 5) is 39.2. The summed E-state index contributed by atoms with van der Waals surface area (Å²) in [6, 6.07) is 17.3. The Kier molecular flexibility index (Phi) is 7.46. The van der Waals surface area contributed by atoms with E-state index in [4.69, 9.17) is 9.47 Å². The molecule has 0 saturated carbocycles. The maximum Gasteiger partial charge on any atom is 0.335 e. The lowest BCUT2D eigenvalue weighted by Gasteiger charge is -2.26. The van der Waals surface area contributed by atoms with Crippen molar-refractivity contribution < 1.29 is 28.2 Å². The van der Waals surface area contributed by atoms with Crippen LogP contribution in [0, 0.1) is 5.82 Å². The third-order valence-corrected chi connectivity index (χ3v) is 6.50. The molecule has 40 heavy (non-hydrogen) atoms. The summed E-state index contributed by atoms with van der Waals surface area (Å²) in [6.45, 7) is 4.57. The zero-order valence-corrected chi connectivity index (χ0v) is 21.7. The Balaban J connectivity index is 1.41. The number of rotatable bonds is 9.